The summed E-state index contributed by atoms with van der Waals surface area (Å²) in [4.78, 5) is 21.5. The van der Waals surface area contributed by atoms with Gasteiger partial charge in [0.2, 0.25) is 5.91 Å². The first-order valence-corrected chi connectivity index (χ1v) is 11.4. The Bertz CT molecular complexity index is 1010. The summed E-state index contributed by atoms with van der Waals surface area (Å²) in [5, 5.41) is 12.1. The number of carbonyl (C=O) groups is 1. The van der Waals surface area contributed by atoms with Crippen LogP contribution in [0.3, 0.4) is 0 Å². The maximum atomic E-state index is 12.5. The van der Waals surface area contributed by atoms with Gasteiger partial charge in [0.1, 0.15) is 17.5 Å². The summed E-state index contributed by atoms with van der Waals surface area (Å²) in [6.07, 6.45) is 10.9. The number of nitrogens with zero attached hydrogens (tertiary/aromatic N) is 3. The fourth-order valence-electron chi connectivity index (χ4n) is 5.68. The molecule has 1 aromatic carbocycles. The molecule has 2 aromatic rings. The molecular weight excluding hydrogens is 386 g/mol. The number of amides is 1. The van der Waals surface area contributed by atoms with Crippen molar-refractivity contribution in [2.24, 2.45) is 5.92 Å². The second-order valence-corrected chi connectivity index (χ2v) is 9.03. The molecule has 5 heteroatoms. The summed E-state index contributed by atoms with van der Waals surface area (Å²) < 4.78 is 0. The van der Waals surface area contributed by atoms with Gasteiger partial charge in [0.15, 0.2) is 0 Å². The second kappa shape index (κ2) is 8.11. The van der Waals surface area contributed by atoms with Crippen LogP contribution in [0.25, 0.3) is 0 Å². The molecule has 2 bridgehead atoms. The number of piperidine rings is 4. The highest BCUT2D eigenvalue weighted by molar-refractivity contribution is 5.93. The molecule has 160 valence electrons. The lowest BCUT2D eigenvalue weighted by atomic mass is 9.66. The minimum absolute atomic E-state index is 0.123. The van der Waals surface area contributed by atoms with Crippen LogP contribution >= 0.6 is 0 Å². The number of rotatable bonds is 4. The second-order valence-electron chi connectivity index (χ2n) is 9.03. The van der Waals surface area contributed by atoms with Crippen LogP contribution in [0.15, 0.2) is 42.5 Å². The minimum atomic E-state index is -1.12. The van der Waals surface area contributed by atoms with E-state index in [1.54, 1.807) is 4.90 Å². The highest BCUT2D eigenvalue weighted by atomic mass is 16.3. The molecule has 0 spiro atoms. The Morgan fingerprint density at radius 2 is 1.87 bits per heavy atom. The number of hydrogen-bond acceptors (Lipinski definition) is 4. The zero-order valence-electron chi connectivity index (χ0n) is 17.8. The van der Waals surface area contributed by atoms with Crippen molar-refractivity contribution in [1.82, 2.24) is 9.88 Å². The van der Waals surface area contributed by atoms with E-state index in [-0.39, 0.29) is 17.9 Å². The number of pyridine rings is 1. The van der Waals surface area contributed by atoms with E-state index in [2.05, 4.69) is 23.0 Å². The minimum Gasteiger partial charge on any atom is -0.382 e. The molecule has 1 aromatic heterocycles. The van der Waals surface area contributed by atoms with Crippen molar-refractivity contribution in [2.45, 2.75) is 50.2 Å². The Labute approximate surface area is 184 Å². The van der Waals surface area contributed by atoms with Crippen molar-refractivity contribution < 1.29 is 9.90 Å². The largest absolute Gasteiger partial charge is 0.382 e. The Balaban J connectivity index is 1.61. The number of aromatic nitrogens is 1. The average molecular weight is 416 g/mol. The highest BCUT2D eigenvalue weighted by Gasteiger charge is 2.54. The van der Waals surface area contributed by atoms with Crippen LogP contribution in [-0.4, -0.2) is 46.6 Å². The average Bonchev–Trinajstić information content (AvgIpc) is 2.81. The maximum absolute atomic E-state index is 12.5. The third-order valence-corrected chi connectivity index (χ3v) is 7.30. The SMILES string of the molecule is C#CC1N2CCC(CC2)C1(O)c1ccc(N2CCCCC2=O)nc1Cc1ccccc1. The lowest BCUT2D eigenvalue weighted by Gasteiger charge is -2.54. The first-order chi connectivity index (χ1) is 15.1. The number of fused-ring (bicyclic) bond motifs is 3. The standard InChI is InChI=1S/C26H29N3O2/c1-2-23-26(31,20-13-16-28(23)17-14-20)21-11-12-24(29-15-7-6-10-25(29)30)27-22(21)18-19-8-4-3-5-9-19/h1,3-5,8-9,11-12,20,23,31H,6-7,10,13-18H2. The molecule has 6 rings (SSSR count). The topological polar surface area (TPSA) is 56.7 Å². The van der Waals surface area contributed by atoms with Crippen molar-refractivity contribution >= 4 is 11.7 Å². The fourth-order valence-corrected chi connectivity index (χ4v) is 5.68. The van der Waals surface area contributed by atoms with Gasteiger partial charge >= 0.3 is 0 Å². The quantitative estimate of drug-likeness (QED) is 0.780. The van der Waals surface area contributed by atoms with E-state index in [0.717, 1.165) is 55.6 Å². The van der Waals surface area contributed by atoms with Gasteiger partial charge in [0.05, 0.1) is 5.69 Å². The summed E-state index contributed by atoms with van der Waals surface area (Å²) in [5.74, 6) is 3.81. The van der Waals surface area contributed by atoms with Gasteiger partial charge in [0, 0.05) is 24.9 Å². The number of anilines is 1. The van der Waals surface area contributed by atoms with Gasteiger partial charge in [-0.05, 0) is 56.3 Å². The molecule has 0 saturated carbocycles. The van der Waals surface area contributed by atoms with Crippen LogP contribution in [0.5, 0.6) is 0 Å². The number of aliphatic hydroxyl groups is 1. The molecule has 4 aliphatic heterocycles. The van der Waals surface area contributed by atoms with E-state index < -0.39 is 5.60 Å². The molecule has 1 amide bonds. The zero-order valence-corrected chi connectivity index (χ0v) is 17.8. The van der Waals surface area contributed by atoms with E-state index in [0.29, 0.717) is 25.2 Å². The van der Waals surface area contributed by atoms with Crippen LogP contribution in [-0.2, 0) is 16.8 Å². The number of benzene rings is 1. The first kappa shape index (κ1) is 20.2. The summed E-state index contributed by atoms with van der Waals surface area (Å²) in [6.45, 7) is 2.57. The third kappa shape index (κ3) is 3.44. The molecule has 0 radical (unpaired) electrons. The van der Waals surface area contributed by atoms with E-state index in [9.17, 15) is 9.90 Å². The first-order valence-electron chi connectivity index (χ1n) is 11.4. The molecular formula is C26H29N3O2. The lowest BCUT2D eigenvalue weighted by Crippen LogP contribution is -2.63. The van der Waals surface area contributed by atoms with E-state index in [1.807, 2.05) is 30.3 Å². The molecule has 1 N–H and O–H groups in total. The normalized spacial score (nSPS) is 30.3. The molecule has 4 fully saturated rings. The van der Waals surface area contributed by atoms with Gasteiger partial charge in [-0.2, -0.15) is 0 Å². The van der Waals surface area contributed by atoms with Crippen molar-refractivity contribution in [1.29, 1.82) is 0 Å². The number of hydrogen-bond donors (Lipinski definition) is 1. The molecule has 4 saturated heterocycles. The summed E-state index contributed by atoms with van der Waals surface area (Å²) >= 11 is 0. The molecule has 0 aliphatic carbocycles. The molecule has 31 heavy (non-hydrogen) atoms. The van der Waals surface area contributed by atoms with Gasteiger partial charge < -0.3 is 5.11 Å². The van der Waals surface area contributed by atoms with Gasteiger partial charge in [-0.3, -0.25) is 14.6 Å². The summed E-state index contributed by atoms with van der Waals surface area (Å²) in [7, 11) is 0. The predicted octanol–water partition coefficient (Wildman–Crippen LogP) is 3.10. The zero-order chi connectivity index (χ0) is 21.4. The van der Waals surface area contributed by atoms with Crippen molar-refractivity contribution in [3.8, 4) is 12.3 Å². The molecule has 5 nitrogen and oxygen atoms in total. The monoisotopic (exact) mass is 415 g/mol. The van der Waals surface area contributed by atoms with E-state index in [1.165, 1.54) is 0 Å². The summed E-state index contributed by atoms with van der Waals surface area (Å²) in [6, 6.07) is 13.7. The Morgan fingerprint density at radius 1 is 1.10 bits per heavy atom. The lowest BCUT2D eigenvalue weighted by molar-refractivity contribution is -0.143. The van der Waals surface area contributed by atoms with Crippen molar-refractivity contribution in [2.75, 3.05) is 24.5 Å². The molecule has 2 unspecified atom stereocenters. The number of terminal acetylenes is 1. The Kier molecular flexibility index (Phi) is 5.29. The third-order valence-electron chi connectivity index (χ3n) is 7.30. The van der Waals surface area contributed by atoms with E-state index >= 15 is 0 Å². The van der Waals surface area contributed by atoms with Gasteiger partial charge in [-0.1, -0.05) is 42.3 Å². The Morgan fingerprint density at radius 3 is 2.58 bits per heavy atom. The Hall–Kier alpha value is -2.68. The highest BCUT2D eigenvalue weighted by Crippen LogP contribution is 2.48. The van der Waals surface area contributed by atoms with Gasteiger partial charge in [0.25, 0.3) is 0 Å². The van der Waals surface area contributed by atoms with Gasteiger partial charge in [-0.25, -0.2) is 4.98 Å². The molecule has 4 aliphatic rings. The van der Waals surface area contributed by atoms with Crippen LogP contribution in [0.2, 0.25) is 0 Å². The van der Waals surface area contributed by atoms with Crippen LogP contribution < -0.4 is 4.90 Å². The van der Waals surface area contributed by atoms with Gasteiger partial charge in [-0.15, -0.1) is 6.42 Å². The van der Waals surface area contributed by atoms with Crippen LogP contribution in [0.4, 0.5) is 5.82 Å². The van der Waals surface area contributed by atoms with Crippen LogP contribution in [0.1, 0.15) is 48.9 Å². The fraction of sp³-hybridized carbons (Fsp3) is 0.462. The predicted molar refractivity (Wildman–Crippen MR) is 121 cm³/mol. The smallest absolute Gasteiger partial charge is 0.228 e. The molecule has 5 heterocycles. The van der Waals surface area contributed by atoms with Crippen LogP contribution in [0, 0.1) is 18.3 Å². The summed E-state index contributed by atoms with van der Waals surface area (Å²) in [5.41, 5.74) is 1.65. The van der Waals surface area contributed by atoms with Crippen molar-refractivity contribution in [3.05, 3.63) is 59.3 Å². The van der Waals surface area contributed by atoms with E-state index in [4.69, 9.17) is 11.4 Å². The maximum Gasteiger partial charge on any atom is 0.228 e. The number of carbonyl (C=O) groups excluding carboxylic acids is 1. The molecule has 2 atom stereocenters. The van der Waals surface area contributed by atoms with Crippen molar-refractivity contribution in [3.63, 3.8) is 0 Å².